The summed E-state index contributed by atoms with van der Waals surface area (Å²) in [6, 6.07) is 17.0. The van der Waals surface area contributed by atoms with E-state index in [-0.39, 0.29) is 11.8 Å². The standard InChI is InChI=1S/C15H15NO/c1-12(13-7-3-2-4-8-13)16-11-14-9-5-6-10-15(14)17/h2-12,17H,1H3/p-1/t12-/m1/s1. The Morgan fingerprint density at radius 3 is 2.35 bits per heavy atom. The number of hydrogen-bond acceptors (Lipinski definition) is 2. The molecule has 0 fully saturated rings. The van der Waals surface area contributed by atoms with Crippen LogP contribution in [0.3, 0.4) is 0 Å². The highest BCUT2D eigenvalue weighted by Crippen LogP contribution is 2.17. The van der Waals surface area contributed by atoms with Crippen molar-refractivity contribution >= 4 is 6.21 Å². The normalized spacial score (nSPS) is 12.8. The van der Waals surface area contributed by atoms with E-state index in [4.69, 9.17) is 0 Å². The quantitative estimate of drug-likeness (QED) is 0.738. The predicted molar refractivity (Wildman–Crippen MR) is 68.3 cm³/mol. The predicted octanol–water partition coefficient (Wildman–Crippen LogP) is 2.94. The number of nitrogens with zero attached hydrogens (tertiary/aromatic N) is 1. The Balaban J connectivity index is 2.14. The highest BCUT2D eigenvalue weighted by atomic mass is 16.3. The number of para-hydroxylation sites is 1. The lowest BCUT2D eigenvalue weighted by molar-refractivity contribution is -0.268. The molecule has 0 saturated carbocycles. The van der Waals surface area contributed by atoms with Crippen molar-refractivity contribution in [3.8, 4) is 5.75 Å². The topological polar surface area (TPSA) is 35.4 Å². The van der Waals surface area contributed by atoms with Gasteiger partial charge in [-0.15, -0.1) is 5.75 Å². The van der Waals surface area contributed by atoms with E-state index in [0.717, 1.165) is 5.56 Å². The number of rotatable bonds is 3. The molecule has 0 radical (unpaired) electrons. The molecule has 1 atom stereocenters. The molecule has 0 saturated heterocycles. The van der Waals surface area contributed by atoms with Gasteiger partial charge in [-0.05, 0) is 18.1 Å². The first kappa shape index (κ1) is 11.4. The van der Waals surface area contributed by atoms with E-state index in [9.17, 15) is 5.11 Å². The lowest BCUT2D eigenvalue weighted by atomic mass is 10.1. The summed E-state index contributed by atoms with van der Waals surface area (Å²) in [6.45, 7) is 2.01. The van der Waals surface area contributed by atoms with Crippen LogP contribution in [0, 0.1) is 0 Å². The molecule has 17 heavy (non-hydrogen) atoms. The molecule has 0 N–H and O–H groups in total. The molecule has 2 rings (SSSR count). The third kappa shape index (κ3) is 2.94. The molecule has 0 amide bonds. The van der Waals surface area contributed by atoms with Gasteiger partial charge in [0, 0.05) is 6.21 Å². The van der Waals surface area contributed by atoms with Crippen molar-refractivity contribution in [3.63, 3.8) is 0 Å². The van der Waals surface area contributed by atoms with Crippen molar-refractivity contribution in [3.05, 3.63) is 65.7 Å². The summed E-state index contributed by atoms with van der Waals surface area (Å²) in [6.07, 6.45) is 1.65. The van der Waals surface area contributed by atoms with E-state index in [0.29, 0.717) is 5.56 Å². The van der Waals surface area contributed by atoms with Crippen molar-refractivity contribution in [1.29, 1.82) is 0 Å². The molecule has 0 aliphatic rings. The van der Waals surface area contributed by atoms with Gasteiger partial charge in [-0.3, -0.25) is 4.99 Å². The molecule has 0 heterocycles. The Bertz CT molecular complexity index is 505. The van der Waals surface area contributed by atoms with E-state index in [1.54, 1.807) is 24.4 Å². The van der Waals surface area contributed by atoms with E-state index >= 15 is 0 Å². The van der Waals surface area contributed by atoms with Gasteiger partial charge in [0.1, 0.15) is 0 Å². The molecule has 0 unspecified atom stereocenters. The zero-order chi connectivity index (χ0) is 12.1. The molecule has 0 bridgehead atoms. The highest BCUT2D eigenvalue weighted by Gasteiger charge is 2.00. The van der Waals surface area contributed by atoms with Crippen molar-refractivity contribution in [2.45, 2.75) is 13.0 Å². The van der Waals surface area contributed by atoms with Gasteiger partial charge in [0.25, 0.3) is 0 Å². The molecule has 0 aliphatic heterocycles. The van der Waals surface area contributed by atoms with Crippen LogP contribution in [0.4, 0.5) is 0 Å². The molecular formula is C15H14NO-. The summed E-state index contributed by atoms with van der Waals surface area (Å²) in [5.41, 5.74) is 1.78. The first-order chi connectivity index (χ1) is 8.27. The average Bonchev–Trinajstić information content (AvgIpc) is 2.38. The van der Waals surface area contributed by atoms with Gasteiger partial charge < -0.3 is 5.11 Å². The van der Waals surface area contributed by atoms with Crippen LogP contribution in [0.25, 0.3) is 0 Å². The molecule has 0 aliphatic carbocycles. The van der Waals surface area contributed by atoms with Crippen LogP contribution in [0.5, 0.6) is 5.75 Å². The Hall–Kier alpha value is -2.09. The minimum Gasteiger partial charge on any atom is -0.872 e. The number of benzene rings is 2. The van der Waals surface area contributed by atoms with E-state index in [1.807, 2.05) is 43.3 Å². The maximum atomic E-state index is 11.5. The fraction of sp³-hybridized carbons (Fsp3) is 0.133. The number of aliphatic imine (C=N–C) groups is 1. The van der Waals surface area contributed by atoms with Gasteiger partial charge in [-0.2, -0.15) is 0 Å². The summed E-state index contributed by atoms with van der Waals surface area (Å²) in [4.78, 5) is 4.40. The van der Waals surface area contributed by atoms with Crippen LogP contribution < -0.4 is 5.11 Å². The van der Waals surface area contributed by atoms with E-state index in [2.05, 4.69) is 4.99 Å². The third-order valence-corrected chi connectivity index (χ3v) is 2.64. The van der Waals surface area contributed by atoms with Crippen LogP contribution in [0.1, 0.15) is 24.1 Å². The Labute approximate surface area is 101 Å². The lowest BCUT2D eigenvalue weighted by Crippen LogP contribution is -1.96. The first-order valence-electron chi connectivity index (χ1n) is 5.61. The second kappa shape index (κ2) is 5.30. The Morgan fingerprint density at radius 2 is 1.65 bits per heavy atom. The number of hydrogen-bond donors (Lipinski definition) is 0. The maximum absolute atomic E-state index is 11.5. The van der Waals surface area contributed by atoms with Gasteiger partial charge in [0.05, 0.1) is 6.04 Å². The zero-order valence-electron chi connectivity index (χ0n) is 9.71. The summed E-state index contributed by atoms with van der Waals surface area (Å²) >= 11 is 0. The molecule has 2 heteroatoms. The minimum atomic E-state index is 0.0107. The Kier molecular flexibility index (Phi) is 3.55. The highest BCUT2D eigenvalue weighted by molar-refractivity contribution is 5.83. The molecule has 0 spiro atoms. The molecular weight excluding hydrogens is 210 g/mol. The van der Waals surface area contributed by atoms with Crippen LogP contribution in [-0.4, -0.2) is 6.21 Å². The lowest BCUT2D eigenvalue weighted by Gasteiger charge is -2.10. The van der Waals surface area contributed by atoms with Gasteiger partial charge in [0.15, 0.2) is 0 Å². The SMILES string of the molecule is C[C@@H](N=Cc1ccccc1[O-])c1ccccc1. The average molecular weight is 224 g/mol. The second-order valence-corrected chi connectivity index (χ2v) is 3.90. The minimum absolute atomic E-state index is 0.0107. The van der Waals surface area contributed by atoms with Gasteiger partial charge in [-0.1, -0.05) is 54.6 Å². The van der Waals surface area contributed by atoms with Gasteiger partial charge in [-0.25, -0.2) is 0 Å². The summed E-state index contributed by atoms with van der Waals surface area (Å²) < 4.78 is 0. The largest absolute Gasteiger partial charge is 0.872 e. The summed E-state index contributed by atoms with van der Waals surface area (Å²) in [5, 5.41) is 11.5. The van der Waals surface area contributed by atoms with Gasteiger partial charge >= 0.3 is 0 Å². The monoisotopic (exact) mass is 224 g/mol. The smallest absolute Gasteiger partial charge is 0.0721 e. The van der Waals surface area contributed by atoms with Crippen molar-refractivity contribution in [2.75, 3.05) is 0 Å². The maximum Gasteiger partial charge on any atom is 0.0721 e. The Morgan fingerprint density at radius 1 is 1.00 bits per heavy atom. The van der Waals surface area contributed by atoms with Crippen molar-refractivity contribution in [1.82, 2.24) is 0 Å². The van der Waals surface area contributed by atoms with E-state index in [1.165, 1.54) is 0 Å². The fourth-order valence-corrected chi connectivity index (χ4v) is 1.60. The zero-order valence-corrected chi connectivity index (χ0v) is 9.71. The van der Waals surface area contributed by atoms with Crippen LogP contribution in [0.15, 0.2) is 59.6 Å². The van der Waals surface area contributed by atoms with E-state index < -0.39 is 0 Å². The molecule has 0 aromatic heterocycles. The first-order valence-corrected chi connectivity index (χ1v) is 5.61. The van der Waals surface area contributed by atoms with Crippen molar-refractivity contribution < 1.29 is 5.11 Å². The third-order valence-electron chi connectivity index (χ3n) is 2.64. The summed E-state index contributed by atoms with van der Waals surface area (Å²) in [5.74, 6) is 0.0107. The van der Waals surface area contributed by atoms with Crippen LogP contribution >= 0.6 is 0 Å². The molecule has 2 aromatic carbocycles. The summed E-state index contributed by atoms with van der Waals surface area (Å²) in [7, 11) is 0. The van der Waals surface area contributed by atoms with Crippen LogP contribution in [-0.2, 0) is 0 Å². The fourth-order valence-electron chi connectivity index (χ4n) is 1.60. The second-order valence-electron chi connectivity index (χ2n) is 3.90. The molecule has 2 aromatic rings. The van der Waals surface area contributed by atoms with Gasteiger partial charge in [0.2, 0.25) is 0 Å². The molecule has 2 nitrogen and oxygen atoms in total. The molecule has 86 valence electrons. The van der Waals surface area contributed by atoms with Crippen LogP contribution in [0.2, 0.25) is 0 Å². The van der Waals surface area contributed by atoms with Crippen molar-refractivity contribution in [2.24, 2.45) is 4.99 Å².